The van der Waals surface area contributed by atoms with Gasteiger partial charge in [-0.15, -0.1) is 0 Å². The molecule has 2 N–H and O–H groups in total. The van der Waals surface area contributed by atoms with E-state index in [0.29, 0.717) is 13.2 Å². The molecule has 108 valence electrons. The van der Waals surface area contributed by atoms with Crippen molar-refractivity contribution in [2.75, 3.05) is 26.2 Å². The van der Waals surface area contributed by atoms with Crippen LogP contribution in [0.4, 0.5) is 4.79 Å². The Hall–Kier alpha value is -0.770. The lowest BCUT2D eigenvalue weighted by Crippen LogP contribution is -2.29. The molecule has 0 aromatic rings. The highest BCUT2D eigenvalue weighted by Crippen LogP contribution is 2.00. The Morgan fingerprint density at radius 2 is 1.61 bits per heavy atom. The average molecular weight is 258 g/mol. The Bertz CT molecular complexity index is 187. The molecule has 0 radical (unpaired) electrons. The third-order valence-corrected chi connectivity index (χ3v) is 2.77. The minimum Gasteiger partial charge on any atom is -0.448 e. The Labute approximate surface area is 112 Å². The fraction of sp³-hybridized carbons (Fsp3) is 0.929. The summed E-state index contributed by atoms with van der Waals surface area (Å²) >= 11 is 0. The molecule has 0 aliphatic heterocycles. The van der Waals surface area contributed by atoms with Crippen LogP contribution in [0.5, 0.6) is 0 Å². The molecule has 0 bridgehead atoms. The van der Waals surface area contributed by atoms with Gasteiger partial charge < -0.3 is 15.4 Å². The lowest BCUT2D eigenvalue weighted by molar-refractivity contribution is 0.146. The molecule has 0 aromatic carbocycles. The molecule has 0 fully saturated rings. The predicted molar refractivity (Wildman–Crippen MR) is 75.9 cm³/mol. The molecule has 18 heavy (non-hydrogen) atoms. The van der Waals surface area contributed by atoms with Crippen molar-refractivity contribution in [3.8, 4) is 0 Å². The number of amides is 1. The van der Waals surface area contributed by atoms with Crippen molar-refractivity contribution in [3.05, 3.63) is 0 Å². The zero-order valence-electron chi connectivity index (χ0n) is 12.1. The monoisotopic (exact) mass is 258 g/mol. The van der Waals surface area contributed by atoms with Crippen molar-refractivity contribution < 1.29 is 9.53 Å². The molecule has 0 spiro atoms. The van der Waals surface area contributed by atoms with E-state index in [1.165, 1.54) is 32.1 Å². The van der Waals surface area contributed by atoms with Gasteiger partial charge in [0.25, 0.3) is 0 Å². The van der Waals surface area contributed by atoms with Crippen LogP contribution in [0.2, 0.25) is 0 Å². The van der Waals surface area contributed by atoms with Gasteiger partial charge in [0.05, 0.1) is 0 Å². The Balaban J connectivity index is 3.08. The molecule has 0 atom stereocenters. The summed E-state index contributed by atoms with van der Waals surface area (Å²) in [5.74, 6) is 0. The first-order valence-corrected chi connectivity index (χ1v) is 7.42. The van der Waals surface area contributed by atoms with Gasteiger partial charge in [-0.1, -0.05) is 46.0 Å². The molecular formula is C14H30N2O2. The molecular weight excluding hydrogens is 228 g/mol. The summed E-state index contributed by atoms with van der Waals surface area (Å²) in [6.45, 7) is 7.24. The number of unbranched alkanes of at least 4 members (excludes halogenated alkanes) is 5. The molecule has 4 nitrogen and oxygen atoms in total. The largest absolute Gasteiger partial charge is 0.448 e. The normalized spacial score (nSPS) is 10.3. The van der Waals surface area contributed by atoms with E-state index in [-0.39, 0.29) is 6.09 Å². The Kier molecular flexibility index (Phi) is 13.7. The molecule has 1 amide bonds. The molecule has 0 aromatic heterocycles. The van der Waals surface area contributed by atoms with Gasteiger partial charge >= 0.3 is 6.09 Å². The van der Waals surface area contributed by atoms with Crippen LogP contribution in [0.1, 0.15) is 58.8 Å². The average Bonchev–Trinajstić information content (AvgIpc) is 2.37. The summed E-state index contributed by atoms with van der Waals surface area (Å²) in [6, 6.07) is 0. The van der Waals surface area contributed by atoms with E-state index in [1.54, 1.807) is 0 Å². The van der Waals surface area contributed by atoms with Crippen LogP contribution in [-0.4, -0.2) is 32.3 Å². The van der Waals surface area contributed by atoms with E-state index in [0.717, 1.165) is 25.9 Å². The van der Waals surface area contributed by atoms with E-state index >= 15 is 0 Å². The fourth-order valence-electron chi connectivity index (χ4n) is 1.61. The summed E-state index contributed by atoms with van der Waals surface area (Å²) in [5, 5.41) is 6.00. The first-order valence-electron chi connectivity index (χ1n) is 7.42. The number of alkyl carbamates (subject to hydrolysis) is 1. The number of carbonyl (C=O) groups is 1. The van der Waals surface area contributed by atoms with Gasteiger partial charge in [-0.05, 0) is 19.4 Å². The molecule has 0 saturated carbocycles. The van der Waals surface area contributed by atoms with Crippen molar-refractivity contribution in [1.82, 2.24) is 10.6 Å². The van der Waals surface area contributed by atoms with Gasteiger partial charge in [-0.2, -0.15) is 0 Å². The molecule has 0 unspecified atom stereocenters. The maximum atomic E-state index is 11.2. The summed E-state index contributed by atoms with van der Waals surface area (Å²) in [4.78, 5) is 11.2. The number of rotatable bonds is 12. The van der Waals surface area contributed by atoms with Gasteiger partial charge in [0.2, 0.25) is 0 Å². The molecule has 4 heteroatoms. The van der Waals surface area contributed by atoms with E-state index in [4.69, 9.17) is 4.74 Å². The van der Waals surface area contributed by atoms with Crippen LogP contribution in [0, 0.1) is 0 Å². The second kappa shape index (κ2) is 14.3. The standard InChI is InChI=1S/C14H30N2O2/c1-3-5-7-8-9-10-15-12-13-18-14(17)16-11-6-4-2/h15H,3-13H2,1-2H3,(H,16,17). The van der Waals surface area contributed by atoms with Gasteiger partial charge in [0.15, 0.2) is 0 Å². The van der Waals surface area contributed by atoms with Crippen molar-refractivity contribution in [1.29, 1.82) is 0 Å². The van der Waals surface area contributed by atoms with E-state index in [2.05, 4.69) is 24.5 Å². The van der Waals surface area contributed by atoms with Gasteiger partial charge in [0, 0.05) is 13.1 Å². The smallest absolute Gasteiger partial charge is 0.407 e. The molecule has 0 aliphatic rings. The fourth-order valence-corrected chi connectivity index (χ4v) is 1.61. The number of hydrogen-bond acceptors (Lipinski definition) is 3. The third-order valence-electron chi connectivity index (χ3n) is 2.77. The lowest BCUT2D eigenvalue weighted by atomic mass is 10.1. The summed E-state index contributed by atoms with van der Waals surface area (Å²) in [5.41, 5.74) is 0. The van der Waals surface area contributed by atoms with Crippen LogP contribution >= 0.6 is 0 Å². The van der Waals surface area contributed by atoms with Gasteiger partial charge in [-0.25, -0.2) is 4.79 Å². The number of hydrogen-bond donors (Lipinski definition) is 2. The lowest BCUT2D eigenvalue weighted by Gasteiger charge is -2.07. The Morgan fingerprint density at radius 1 is 0.889 bits per heavy atom. The maximum Gasteiger partial charge on any atom is 0.407 e. The molecule has 0 aliphatic carbocycles. The minimum absolute atomic E-state index is 0.298. The Morgan fingerprint density at radius 3 is 2.33 bits per heavy atom. The molecule has 0 rings (SSSR count). The zero-order chi connectivity index (χ0) is 13.5. The van der Waals surface area contributed by atoms with Crippen molar-refractivity contribution >= 4 is 6.09 Å². The second-order valence-electron chi connectivity index (χ2n) is 4.58. The van der Waals surface area contributed by atoms with Crippen molar-refractivity contribution in [2.45, 2.75) is 58.8 Å². The van der Waals surface area contributed by atoms with Gasteiger partial charge in [-0.3, -0.25) is 0 Å². The second-order valence-corrected chi connectivity index (χ2v) is 4.58. The predicted octanol–water partition coefficient (Wildman–Crippen LogP) is 3.07. The van der Waals surface area contributed by atoms with Crippen LogP contribution in [0.25, 0.3) is 0 Å². The minimum atomic E-state index is -0.298. The first-order chi connectivity index (χ1) is 8.81. The maximum absolute atomic E-state index is 11.2. The van der Waals surface area contributed by atoms with Crippen molar-refractivity contribution in [2.24, 2.45) is 0 Å². The highest BCUT2D eigenvalue weighted by molar-refractivity contribution is 5.66. The summed E-state index contributed by atoms with van der Waals surface area (Å²) < 4.78 is 5.02. The third kappa shape index (κ3) is 13.3. The number of ether oxygens (including phenoxy) is 1. The van der Waals surface area contributed by atoms with Crippen LogP contribution in [-0.2, 0) is 4.74 Å². The van der Waals surface area contributed by atoms with Crippen LogP contribution < -0.4 is 10.6 Å². The van der Waals surface area contributed by atoms with E-state index in [1.807, 2.05) is 0 Å². The SMILES string of the molecule is CCCCCCCNCCOC(=O)NCCCC. The highest BCUT2D eigenvalue weighted by atomic mass is 16.5. The highest BCUT2D eigenvalue weighted by Gasteiger charge is 1.99. The molecule has 0 heterocycles. The quantitative estimate of drug-likeness (QED) is 0.529. The van der Waals surface area contributed by atoms with Gasteiger partial charge in [0.1, 0.15) is 6.61 Å². The summed E-state index contributed by atoms with van der Waals surface area (Å²) in [6.07, 6.45) is 8.24. The van der Waals surface area contributed by atoms with E-state index in [9.17, 15) is 4.79 Å². The van der Waals surface area contributed by atoms with Crippen LogP contribution in [0.15, 0.2) is 0 Å². The molecule has 0 saturated heterocycles. The van der Waals surface area contributed by atoms with E-state index < -0.39 is 0 Å². The summed E-state index contributed by atoms with van der Waals surface area (Å²) in [7, 11) is 0. The number of nitrogens with one attached hydrogen (secondary N) is 2. The first kappa shape index (κ1) is 17.2. The van der Waals surface area contributed by atoms with Crippen LogP contribution in [0.3, 0.4) is 0 Å². The number of carbonyl (C=O) groups excluding carboxylic acids is 1. The van der Waals surface area contributed by atoms with Crippen molar-refractivity contribution in [3.63, 3.8) is 0 Å². The topological polar surface area (TPSA) is 50.4 Å². The zero-order valence-corrected chi connectivity index (χ0v) is 12.1.